The Morgan fingerprint density at radius 1 is 1.14 bits per heavy atom. The van der Waals surface area contributed by atoms with Gasteiger partial charge in [0, 0.05) is 40.7 Å². The molecule has 2 N–H and O–H groups in total. The molecule has 1 aromatic rings. The first-order chi connectivity index (χ1) is 9.00. The van der Waals surface area contributed by atoms with E-state index in [9.17, 15) is 13.9 Å². The minimum absolute atomic E-state index is 0. The number of hydrogen-bond acceptors (Lipinski definition) is 3. The van der Waals surface area contributed by atoms with Gasteiger partial charge in [0.2, 0.25) is 0 Å². The number of nitrogens with one attached hydrogen (secondary N) is 1. The van der Waals surface area contributed by atoms with E-state index in [-0.39, 0.29) is 36.1 Å². The second-order valence-corrected chi connectivity index (χ2v) is 6.16. The van der Waals surface area contributed by atoms with E-state index >= 15 is 0 Å². The van der Waals surface area contributed by atoms with Crippen molar-refractivity contribution in [2.45, 2.75) is 12.5 Å². The predicted octanol–water partition coefficient (Wildman–Crippen LogP) is 3.97. The smallest absolute Gasteiger partial charge is 0.258 e. The van der Waals surface area contributed by atoms with E-state index in [0.29, 0.717) is 35.1 Å². The summed E-state index contributed by atoms with van der Waals surface area (Å²) in [6.07, 6.45) is -2.55. The van der Waals surface area contributed by atoms with E-state index in [2.05, 4.69) is 37.2 Å². The third-order valence-electron chi connectivity index (χ3n) is 3.15. The maximum Gasteiger partial charge on any atom is 0.258 e. The minimum Gasteiger partial charge on any atom is -0.508 e. The second-order valence-electron chi connectivity index (χ2n) is 4.39. The van der Waals surface area contributed by atoms with Crippen molar-refractivity contribution in [3.05, 3.63) is 26.6 Å². The fourth-order valence-electron chi connectivity index (χ4n) is 2.29. The zero-order valence-electron chi connectivity index (χ0n) is 10.9. The van der Waals surface area contributed by atoms with Crippen LogP contribution in [-0.4, -0.2) is 42.6 Å². The Morgan fingerprint density at radius 2 is 1.71 bits per heavy atom. The van der Waals surface area contributed by atoms with Gasteiger partial charge in [-0.25, -0.2) is 8.78 Å². The first-order valence-corrected chi connectivity index (χ1v) is 7.50. The summed E-state index contributed by atoms with van der Waals surface area (Å²) in [5.41, 5.74) is 0.250. The summed E-state index contributed by atoms with van der Waals surface area (Å²) in [5, 5.41) is 13.1. The van der Waals surface area contributed by atoms with Gasteiger partial charge in [0.05, 0.1) is 0 Å². The van der Waals surface area contributed by atoms with E-state index in [1.165, 1.54) is 6.07 Å². The van der Waals surface area contributed by atoms with Gasteiger partial charge < -0.3 is 10.4 Å². The van der Waals surface area contributed by atoms with Gasteiger partial charge in [0.25, 0.3) is 6.43 Å². The number of halogens is 6. The normalized spacial score (nSPS) is 17.0. The molecule has 0 aromatic heterocycles. The summed E-state index contributed by atoms with van der Waals surface area (Å²) < 4.78 is 28.0. The average Bonchev–Trinajstić information content (AvgIpc) is 2.34. The van der Waals surface area contributed by atoms with Gasteiger partial charge in [-0.3, -0.25) is 4.90 Å². The second kappa shape index (κ2) is 9.47. The first kappa shape index (κ1) is 21.3. The Kier molecular flexibility index (Phi) is 9.63. The van der Waals surface area contributed by atoms with Crippen LogP contribution in [0, 0.1) is 0 Å². The first-order valence-electron chi connectivity index (χ1n) is 5.91. The number of rotatable bonds is 3. The Balaban J connectivity index is 0.00000200. The molecular weight excluding hydrogens is 457 g/mol. The zero-order valence-corrected chi connectivity index (χ0v) is 15.7. The molecule has 3 nitrogen and oxygen atoms in total. The molecule has 1 heterocycles. The van der Waals surface area contributed by atoms with Crippen LogP contribution in [-0.2, 0) is 0 Å². The van der Waals surface area contributed by atoms with Gasteiger partial charge in [-0.1, -0.05) is 31.9 Å². The van der Waals surface area contributed by atoms with Crippen molar-refractivity contribution >= 4 is 56.7 Å². The lowest BCUT2D eigenvalue weighted by atomic mass is 10.0. The summed E-state index contributed by atoms with van der Waals surface area (Å²) in [4.78, 5) is 1.70. The van der Waals surface area contributed by atoms with Crippen molar-refractivity contribution in [1.82, 2.24) is 10.2 Å². The molecule has 1 aliphatic rings. The maximum atomic E-state index is 13.4. The minimum atomic E-state index is -2.55. The molecule has 1 atom stereocenters. The molecule has 122 valence electrons. The van der Waals surface area contributed by atoms with E-state index in [0.717, 1.165) is 0 Å². The largest absolute Gasteiger partial charge is 0.508 e. The quantitative estimate of drug-likeness (QED) is 0.698. The van der Waals surface area contributed by atoms with E-state index in [1.807, 2.05) is 0 Å². The number of benzene rings is 1. The van der Waals surface area contributed by atoms with Gasteiger partial charge in [-0.15, -0.1) is 24.8 Å². The van der Waals surface area contributed by atoms with Crippen molar-refractivity contribution in [1.29, 1.82) is 0 Å². The standard InChI is InChI=1S/C12H14Br2F2N2O.2ClH/c13-7-5-8(14)10(9(19)6-7)11(12(15)16)18-3-1-17-2-4-18;;/h5-6,11-12,17,19H,1-4H2;2*1H/t11-;;/m1../s1. The van der Waals surface area contributed by atoms with Crippen LogP contribution in [0.3, 0.4) is 0 Å². The van der Waals surface area contributed by atoms with Crippen molar-refractivity contribution in [3.63, 3.8) is 0 Å². The Morgan fingerprint density at radius 3 is 2.19 bits per heavy atom. The lowest BCUT2D eigenvalue weighted by Gasteiger charge is -2.35. The van der Waals surface area contributed by atoms with Crippen LogP contribution >= 0.6 is 56.7 Å². The van der Waals surface area contributed by atoms with Gasteiger partial charge in [0.1, 0.15) is 11.8 Å². The highest BCUT2D eigenvalue weighted by molar-refractivity contribution is 9.11. The van der Waals surface area contributed by atoms with E-state index in [1.54, 1.807) is 11.0 Å². The number of nitrogens with zero attached hydrogens (tertiary/aromatic N) is 1. The summed E-state index contributed by atoms with van der Waals surface area (Å²) >= 11 is 6.50. The van der Waals surface area contributed by atoms with E-state index in [4.69, 9.17) is 0 Å². The Labute approximate surface area is 151 Å². The molecule has 0 radical (unpaired) electrons. The highest BCUT2D eigenvalue weighted by Gasteiger charge is 2.33. The fraction of sp³-hybridized carbons (Fsp3) is 0.500. The summed E-state index contributed by atoms with van der Waals surface area (Å²) in [6, 6.07) is 2.02. The molecule has 0 saturated carbocycles. The molecule has 2 rings (SSSR count). The SMILES string of the molecule is Cl.Cl.Oc1cc(Br)cc(Br)c1[C@H](C(F)F)N1CCNCC1. The summed E-state index contributed by atoms with van der Waals surface area (Å²) in [5.74, 6) is -0.120. The third kappa shape index (κ3) is 5.18. The molecule has 1 aromatic carbocycles. The number of phenolic OH excluding ortho intramolecular Hbond substituents is 1. The molecule has 1 fully saturated rings. The summed E-state index contributed by atoms with van der Waals surface area (Å²) in [6.45, 7) is 2.43. The molecule has 0 spiro atoms. The van der Waals surface area contributed by atoms with Crippen molar-refractivity contribution in [2.75, 3.05) is 26.2 Å². The van der Waals surface area contributed by atoms with Crippen LogP contribution in [0.25, 0.3) is 0 Å². The van der Waals surface area contributed by atoms with Crippen LogP contribution < -0.4 is 5.32 Å². The zero-order chi connectivity index (χ0) is 14.0. The van der Waals surface area contributed by atoms with Crippen LogP contribution in [0.1, 0.15) is 11.6 Å². The van der Waals surface area contributed by atoms with Crippen molar-refractivity contribution in [2.24, 2.45) is 0 Å². The molecule has 1 saturated heterocycles. The molecule has 1 aliphatic heterocycles. The molecule has 9 heteroatoms. The molecule has 0 aliphatic carbocycles. The Hall–Kier alpha value is 0.340. The number of phenols is 1. The van der Waals surface area contributed by atoms with E-state index < -0.39 is 12.5 Å². The van der Waals surface area contributed by atoms with Crippen molar-refractivity contribution in [3.8, 4) is 5.75 Å². The van der Waals surface area contributed by atoms with Crippen LogP contribution in [0.15, 0.2) is 21.1 Å². The highest BCUT2D eigenvalue weighted by atomic mass is 79.9. The molecule has 21 heavy (non-hydrogen) atoms. The topological polar surface area (TPSA) is 35.5 Å². The number of piperazine rings is 1. The van der Waals surface area contributed by atoms with Crippen LogP contribution in [0.2, 0.25) is 0 Å². The Bertz CT molecular complexity index is 440. The molecule has 0 bridgehead atoms. The predicted molar refractivity (Wildman–Crippen MR) is 91.2 cm³/mol. The molecule has 0 amide bonds. The van der Waals surface area contributed by atoms with Crippen LogP contribution in [0.5, 0.6) is 5.75 Å². The lowest BCUT2D eigenvalue weighted by molar-refractivity contribution is 0.0166. The third-order valence-corrected chi connectivity index (χ3v) is 4.27. The van der Waals surface area contributed by atoms with Crippen molar-refractivity contribution < 1.29 is 13.9 Å². The van der Waals surface area contributed by atoms with Gasteiger partial charge >= 0.3 is 0 Å². The van der Waals surface area contributed by atoms with Gasteiger partial charge in [0.15, 0.2) is 0 Å². The number of aromatic hydroxyl groups is 1. The fourth-order valence-corrected chi connectivity index (χ4v) is 3.73. The number of hydrogen-bond donors (Lipinski definition) is 2. The monoisotopic (exact) mass is 470 g/mol. The lowest BCUT2D eigenvalue weighted by Crippen LogP contribution is -2.47. The average molecular weight is 473 g/mol. The number of alkyl halides is 2. The van der Waals surface area contributed by atoms with Crippen LogP contribution in [0.4, 0.5) is 8.78 Å². The van der Waals surface area contributed by atoms with Gasteiger partial charge in [-0.05, 0) is 12.1 Å². The van der Waals surface area contributed by atoms with Gasteiger partial charge in [-0.2, -0.15) is 0 Å². The molecular formula is C12H16Br2Cl2F2N2O. The maximum absolute atomic E-state index is 13.4. The summed E-state index contributed by atoms with van der Waals surface area (Å²) in [7, 11) is 0. The highest BCUT2D eigenvalue weighted by Crippen LogP contribution is 2.40. The molecule has 0 unspecified atom stereocenters.